The van der Waals surface area contributed by atoms with Gasteiger partial charge in [0.2, 0.25) is 5.91 Å². The summed E-state index contributed by atoms with van der Waals surface area (Å²) < 4.78 is 37.7. The Morgan fingerprint density at radius 1 is 1.32 bits per heavy atom. The van der Waals surface area contributed by atoms with Crippen LogP contribution in [0.2, 0.25) is 0 Å². The highest BCUT2D eigenvalue weighted by atomic mass is 32.1. The Morgan fingerprint density at radius 2 is 2.04 bits per heavy atom. The highest BCUT2D eigenvalue weighted by Crippen LogP contribution is 2.31. The lowest BCUT2D eigenvalue weighted by atomic mass is 10.1. The molecule has 2 heterocycles. The molecule has 0 saturated carbocycles. The summed E-state index contributed by atoms with van der Waals surface area (Å²) in [6.07, 6.45) is -3.26. The van der Waals surface area contributed by atoms with Crippen molar-refractivity contribution in [1.82, 2.24) is 15.6 Å². The summed E-state index contributed by atoms with van der Waals surface area (Å²) in [6.45, 7) is 0.317. The van der Waals surface area contributed by atoms with Crippen molar-refractivity contribution in [2.24, 2.45) is 0 Å². The van der Waals surface area contributed by atoms with Crippen LogP contribution in [0.3, 0.4) is 0 Å². The van der Waals surface area contributed by atoms with Crippen LogP contribution in [0.15, 0.2) is 29.6 Å². The van der Waals surface area contributed by atoms with Gasteiger partial charge in [0.05, 0.1) is 5.56 Å². The van der Waals surface area contributed by atoms with E-state index in [-0.39, 0.29) is 23.6 Å². The van der Waals surface area contributed by atoms with Gasteiger partial charge >= 0.3 is 6.18 Å². The maximum absolute atomic E-state index is 12.6. The molecule has 25 heavy (non-hydrogen) atoms. The Morgan fingerprint density at radius 3 is 2.64 bits per heavy atom. The molecule has 132 valence electrons. The van der Waals surface area contributed by atoms with Crippen LogP contribution < -0.4 is 10.6 Å². The third kappa shape index (κ3) is 4.16. The van der Waals surface area contributed by atoms with Gasteiger partial charge in [-0.25, -0.2) is 4.98 Å². The van der Waals surface area contributed by atoms with Gasteiger partial charge in [-0.15, -0.1) is 11.3 Å². The van der Waals surface area contributed by atoms with Gasteiger partial charge in [-0.2, -0.15) is 13.2 Å². The Hall–Kier alpha value is -2.42. The standard InChI is InChI=1S/C16H14F3N3O2S/c17-16(18,19)10-3-1-9(2-4-10)15-22-12(8-25-15)14(24)20-7-11-5-6-13(23)21-11/h1-4,8,11H,5-7H2,(H,20,24)(H,21,23). The van der Waals surface area contributed by atoms with E-state index in [4.69, 9.17) is 0 Å². The average molecular weight is 369 g/mol. The zero-order valence-electron chi connectivity index (χ0n) is 12.9. The number of carbonyl (C=O) groups excluding carboxylic acids is 2. The lowest BCUT2D eigenvalue weighted by Crippen LogP contribution is -2.38. The van der Waals surface area contributed by atoms with Crippen LogP contribution >= 0.6 is 11.3 Å². The number of hydrogen-bond acceptors (Lipinski definition) is 4. The molecule has 2 N–H and O–H groups in total. The highest BCUT2D eigenvalue weighted by molar-refractivity contribution is 7.13. The Bertz CT molecular complexity index is 787. The molecular weight excluding hydrogens is 355 g/mol. The largest absolute Gasteiger partial charge is 0.416 e. The Kier molecular flexibility index (Phi) is 4.76. The van der Waals surface area contributed by atoms with E-state index in [0.29, 0.717) is 30.0 Å². The highest BCUT2D eigenvalue weighted by Gasteiger charge is 2.30. The minimum atomic E-state index is -4.39. The topological polar surface area (TPSA) is 71.1 Å². The van der Waals surface area contributed by atoms with Crippen LogP contribution in [-0.2, 0) is 11.0 Å². The third-order valence-electron chi connectivity index (χ3n) is 3.79. The Labute approximate surface area is 145 Å². The molecule has 1 fully saturated rings. The maximum atomic E-state index is 12.6. The zero-order chi connectivity index (χ0) is 18.0. The average Bonchev–Trinajstić information content (AvgIpc) is 3.21. The molecule has 1 aromatic heterocycles. The second kappa shape index (κ2) is 6.83. The van der Waals surface area contributed by atoms with Crippen molar-refractivity contribution in [2.75, 3.05) is 6.54 Å². The molecule has 1 saturated heterocycles. The first-order chi connectivity index (χ1) is 11.8. The lowest BCUT2D eigenvalue weighted by Gasteiger charge is -2.10. The molecule has 0 bridgehead atoms. The second-order valence-electron chi connectivity index (χ2n) is 5.63. The number of benzene rings is 1. The van der Waals surface area contributed by atoms with Crippen molar-refractivity contribution in [3.8, 4) is 10.6 Å². The van der Waals surface area contributed by atoms with Gasteiger partial charge in [0, 0.05) is 30.0 Å². The van der Waals surface area contributed by atoms with Crippen LogP contribution in [-0.4, -0.2) is 29.4 Å². The number of nitrogens with zero attached hydrogens (tertiary/aromatic N) is 1. The molecule has 2 amide bonds. The molecule has 5 nitrogen and oxygen atoms in total. The summed E-state index contributed by atoms with van der Waals surface area (Å²) in [5.41, 5.74) is -0.0197. The fourth-order valence-corrected chi connectivity index (χ4v) is 3.26. The van der Waals surface area contributed by atoms with Crippen molar-refractivity contribution in [3.63, 3.8) is 0 Å². The molecule has 0 aliphatic carbocycles. The summed E-state index contributed by atoms with van der Waals surface area (Å²) in [7, 11) is 0. The monoisotopic (exact) mass is 369 g/mol. The van der Waals surface area contributed by atoms with E-state index < -0.39 is 11.7 Å². The number of aromatic nitrogens is 1. The molecule has 1 aliphatic heterocycles. The van der Waals surface area contributed by atoms with Gasteiger partial charge < -0.3 is 10.6 Å². The maximum Gasteiger partial charge on any atom is 0.416 e. The van der Waals surface area contributed by atoms with Crippen LogP contribution in [0.25, 0.3) is 10.6 Å². The summed E-state index contributed by atoms with van der Waals surface area (Å²) in [4.78, 5) is 27.4. The molecule has 1 aliphatic rings. The van der Waals surface area contributed by atoms with E-state index >= 15 is 0 Å². The molecule has 2 aromatic rings. The van der Waals surface area contributed by atoms with Crippen LogP contribution in [0.4, 0.5) is 13.2 Å². The molecule has 9 heteroatoms. The van der Waals surface area contributed by atoms with E-state index in [1.165, 1.54) is 23.5 Å². The van der Waals surface area contributed by atoms with E-state index in [9.17, 15) is 22.8 Å². The summed E-state index contributed by atoms with van der Waals surface area (Å²) in [5.74, 6) is -0.409. The molecule has 1 unspecified atom stereocenters. The molecular formula is C16H14F3N3O2S. The SMILES string of the molecule is O=C1CCC(CNC(=O)c2csc(-c3ccc(C(F)(F)F)cc3)n2)N1. The molecule has 1 atom stereocenters. The van der Waals surface area contributed by atoms with Crippen LogP contribution in [0.5, 0.6) is 0 Å². The van der Waals surface area contributed by atoms with Crippen molar-refractivity contribution in [3.05, 3.63) is 40.9 Å². The lowest BCUT2D eigenvalue weighted by molar-refractivity contribution is -0.137. The number of hydrogen-bond donors (Lipinski definition) is 2. The van der Waals surface area contributed by atoms with Crippen molar-refractivity contribution in [2.45, 2.75) is 25.1 Å². The van der Waals surface area contributed by atoms with Gasteiger partial charge in [0.25, 0.3) is 5.91 Å². The first kappa shape index (κ1) is 17.4. The minimum Gasteiger partial charge on any atom is -0.352 e. The Balaban J connectivity index is 1.63. The quantitative estimate of drug-likeness (QED) is 0.871. The minimum absolute atomic E-state index is 0.0301. The van der Waals surface area contributed by atoms with Gasteiger partial charge in [-0.05, 0) is 18.6 Å². The van der Waals surface area contributed by atoms with Crippen LogP contribution in [0, 0.1) is 0 Å². The predicted octanol–water partition coefficient (Wildman–Crippen LogP) is 2.84. The van der Waals surface area contributed by atoms with Gasteiger partial charge in [0.1, 0.15) is 10.7 Å². The second-order valence-corrected chi connectivity index (χ2v) is 6.48. The number of thiazole rings is 1. The summed E-state index contributed by atoms with van der Waals surface area (Å²) >= 11 is 1.18. The fraction of sp³-hybridized carbons (Fsp3) is 0.312. The van der Waals surface area contributed by atoms with E-state index in [2.05, 4.69) is 15.6 Å². The van der Waals surface area contributed by atoms with E-state index in [1.807, 2.05) is 0 Å². The third-order valence-corrected chi connectivity index (χ3v) is 4.68. The number of alkyl halides is 3. The molecule has 3 rings (SSSR count). The number of rotatable bonds is 4. The smallest absolute Gasteiger partial charge is 0.352 e. The normalized spacial score (nSPS) is 17.4. The van der Waals surface area contributed by atoms with Gasteiger partial charge in [0.15, 0.2) is 0 Å². The van der Waals surface area contributed by atoms with Crippen LogP contribution in [0.1, 0.15) is 28.9 Å². The summed E-state index contributed by atoms with van der Waals surface area (Å²) in [6, 6.07) is 4.55. The summed E-state index contributed by atoms with van der Waals surface area (Å²) in [5, 5.41) is 7.46. The molecule has 0 spiro atoms. The van der Waals surface area contributed by atoms with Gasteiger partial charge in [-0.3, -0.25) is 9.59 Å². The van der Waals surface area contributed by atoms with E-state index in [1.54, 1.807) is 5.38 Å². The van der Waals surface area contributed by atoms with Gasteiger partial charge in [-0.1, -0.05) is 12.1 Å². The zero-order valence-corrected chi connectivity index (χ0v) is 13.7. The van der Waals surface area contributed by atoms with Crippen molar-refractivity contribution in [1.29, 1.82) is 0 Å². The predicted molar refractivity (Wildman–Crippen MR) is 86.0 cm³/mol. The first-order valence-electron chi connectivity index (χ1n) is 7.53. The number of amides is 2. The number of nitrogens with one attached hydrogen (secondary N) is 2. The number of carbonyl (C=O) groups is 2. The number of halogens is 3. The van der Waals surface area contributed by atoms with Crippen molar-refractivity contribution < 1.29 is 22.8 Å². The molecule has 1 aromatic carbocycles. The van der Waals surface area contributed by atoms with E-state index in [0.717, 1.165) is 12.1 Å². The first-order valence-corrected chi connectivity index (χ1v) is 8.41. The molecule has 0 radical (unpaired) electrons. The van der Waals surface area contributed by atoms with Crippen molar-refractivity contribution >= 4 is 23.2 Å². The fourth-order valence-electron chi connectivity index (χ4n) is 2.45.